The third kappa shape index (κ3) is 4.66. The number of alkyl halides is 3. The molecule has 0 amide bonds. The largest absolute Gasteiger partial charge is 0.465 e. The second-order valence-electron chi connectivity index (χ2n) is 6.25. The van der Waals surface area contributed by atoms with Crippen LogP contribution in [0.15, 0.2) is 36.4 Å². The summed E-state index contributed by atoms with van der Waals surface area (Å²) in [5, 5.41) is 10.4. The Morgan fingerprint density at radius 1 is 1.19 bits per heavy atom. The van der Waals surface area contributed by atoms with Crippen LogP contribution in [0.1, 0.15) is 28.9 Å². The van der Waals surface area contributed by atoms with Gasteiger partial charge in [0, 0.05) is 24.8 Å². The van der Waals surface area contributed by atoms with Crippen molar-refractivity contribution < 1.29 is 22.7 Å². The van der Waals surface area contributed by atoms with E-state index in [0.29, 0.717) is 24.5 Å². The first kappa shape index (κ1) is 18.9. The van der Waals surface area contributed by atoms with Crippen LogP contribution >= 0.6 is 0 Å². The predicted octanol–water partition coefficient (Wildman–Crippen LogP) is 3.36. The smallest absolute Gasteiger partial charge is 0.435 e. The Kier molecular flexibility index (Phi) is 5.48. The molecule has 0 radical (unpaired) electrons. The van der Waals surface area contributed by atoms with Gasteiger partial charge in [-0.15, -0.1) is 10.2 Å². The number of piperidine rings is 1. The van der Waals surface area contributed by atoms with Gasteiger partial charge in [0.05, 0.1) is 12.7 Å². The fourth-order valence-corrected chi connectivity index (χ4v) is 2.99. The summed E-state index contributed by atoms with van der Waals surface area (Å²) in [4.78, 5) is 13.5. The zero-order chi connectivity index (χ0) is 19.4. The molecule has 144 valence electrons. The molecular weight excluding hydrogens is 361 g/mol. The molecule has 1 aliphatic heterocycles. The van der Waals surface area contributed by atoms with Crippen LogP contribution in [0.25, 0.3) is 0 Å². The van der Waals surface area contributed by atoms with Gasteiger partial charge in [-0.1, -0.05) is 6.07 Å². The molecule has 27 heavy (non-hydrogen) atoms. The van der Waals surface area contributed by atoms with Gasteiger partial charge in [0.2, 0.25) is 0 Å². The number of nitrogens with zero attached hydrogens (tertiary/aromatic N) is 3. The lowest BCUT2D eigenvalue weighted by molar-refractivity contribution is -0.141. The standard InChI is InChI=1S/C18H19F3N4O2/c1-27-17(26)12-3-2-4-14(11-12)22-13-7-9-25(10-8-13)16-6-5-15(23-24-16)18(19,20)21/h2-6,11,13,22H,7-10H2,1H3. The molecule has 1 aromatic heterocycles. The number of carbonyl (C=O) groups is 1. The molecular formula is C18H19F3N4O2. The van der Waals surface area contributed by atoms with Crippen LogP contribution < -0.4 is 10.2 Å². The molecule has 0 bridgehead atoms. The zero-order valence-electron chi connectivity index (χ0n) is 14.7. The fourth-order valence-electron chi connectivity index (χ4n) is 2.99. The third-order valence-electron chi connectivity index (χ3n) is 4.41. The summed E-state index contributed by atoms with van der Waals surface area (Å²) in [6.07, 6.45) is -2.92. The monoisotopic (exact) mass is 380 g/mol. The molecule has 2 aromatic rings. The Morgan fingerprint density at radius 2 is 1.93 bits per heavy atom. The van der Waals surface area contributed by atoms with Crippen molar-refractivity contribution in [3.05, 3.63) is 47.7 Å². The summed E-state index contributed by atoms with van der Waals surface area (Å²) in [6.45, 7) is 1.29. The van der Waals surface area contributed by atoms with Crippen molar-refractivity contribution in [1.82, 2.24) is 10.2 Å². The van der Waals surface area contributed by atoms with E-state index in [9.17, 15) is 18.0 Å². The maximum absolute atomic E-state index is 12.6. The molecule has 2 heterocycles. The Balaban J connectivity index is 1.57. The first-order valence-electron chi connectivity index (χ1n) is 8.47. The third-order valence-corrected chi connectivity index (χ3v) is 4.41. The second kappa shape index (κ2) is 7.81. The molecule has 1 N–H and O–H groups in total. The highest BCUT2D eigenvalue weighted by Gasteiger charge is 2.33. The highest BCUT2D eigenvalue weighted by Crippen LogP contribution is 2.28. The first-order valence-corrected chi connectivity index (χ1v) is 8.47. The van der Waals surface area contributed by atoms with Gasteiger partial charge in [-0.3, -0.25) is 0 Å². The molecule has 1 fully saturated rings. The lowest BCUT2D eigenvalue weighted by Gasteiger charge is -2.33. The lowest BCUT2D eigenvalue weighted by Crippen LogP contribution is -2.39. The van der Waals surface area contributed by atoms with E-state index in [-0.39, 0.29) is 6.04 Å². The lowest BCUT2D eigenvalue weighted by atomic mass is 10.0. The van der Waals surface area contributed by atoms with E-state index in [0.717, 1.165) is 24.6 Å². The van der Waals surface area contributed by atoms with Crippen molar-refractivity contribution in [2.24, 2.45) is 0 Å². The average molecular weight is 380 g/mol. The molecule has 0 atom stereocenters. The summed E-state index contributed by atoms with van der Waals surface area (Å²) in [7, 11) is 1.34. The number of ether oxygens (including phenoxy) is 1. The summed E-state index contributed by atoms with van der Waals surface area (Å²) >= 11 is 0. The van der Waals surface area contributed by atoms with Crippen molar-refractivity contribution in [2.45, 2.75) is 25.1 Å². The van der Waals surface area contributed by atoms with Gasteiger partial charge in [-0.2, -0.15) is 13.2 Å². The number of methoxy groups -OCH3 is 1. The number of rotatable bonds is 4. The minimum atomic E-state index is -4.48. The maximum Gasteiger partial charge on any atom is 0.435 e. The predicted molar refractivity (Wildman–Crippen MR) is 93.7 cm³/mol. The summed E-state index contributed by atoms with van der Waals surface area (Å²) in [5.74, 6) is 0.0449. The number of anilines is 2. The van der Waals surface area contributed by atoms with Crippen LogP contribution in [0.4, 0.5) is 24.7 Å². The van der Waals surface area contributed by atoms with Crippen LogP contribution in [-0.4, -0.2) is 42.4 Å². The first-order chi connectivity index (χ1) is 12.9. The molecule has 3 rings (SSSR count). The highest BCUT2D eigenvalue weighted by atomic mass is 19.4. The van der Waals surface area contributed by atoms with Gasteiger partial charge in [0.15, 0.2) is 11.5 Å². The Morgan fingerprint density at radius 3 is 2.52 bits per heavy atom. The van der Waals surface area contributed by atoms with Crippen molar-refractivity contribution in [3.63, 3.8) is 0 Å². The molecule has 9 heteroatoms. The van der Waals surface area contributed by atoms with E-state index in [4.69, 9.17) is 4.74 Å². The Bertz CT molecular complexity index is 788. The fraction of sp³-hybridized carbons (Fsp3) is 0.389. The molecule has 1 aliphatic rings. The quantitative estimate of drug-likeness (QED) is 0.821. The molecule has 1 aromatic carbocycles. The summed E-state index contributed by atoms with van der Waals surface area (Å²) < 4.78 is 42.4. The summed E-state index contributed by atoms with van der Waals surface area (Å²) in [6, 6.07) is 9.56. The number of hydrogen-bond acceptors (Lipinski definition) is 6. The van der Waals surface area contributed by atoms with Gasteiger partial charge < -0.3 is 15.0 Å². The van der Waals surface area contributed by atoms with E-state index in [1.54, 1.807) is 18.2 Å². The van der Waals surface area contributed by atoms with Crippen LogP contribution in [0, 0.1) is 0 Å². The van der Waals surface area contributed by atoms with Crippen molar-refractivity contribution in [2.75, 3.05) is 30.4 Å². The van der Waals surface area contributed by atoms with Gasteiger partial charge in [0.1, 0.15) is 0 Å². The molecule has 0 spiro atoms. The normalized spacial score (nSPS) is 15.5. The van der Waals surface area contributed by atoms with E-state index in [1.807, 2.05) is 11.0 Å². The van der Waals surface area contributed by atoms with Crippen LogP contribution in [-0.2, 0) is 10.9 Å². The van der Waals surface area contributed by atoms with Crippen molar-refractivity contribution in [3.8, 4) is 0 Å². The van der Waals surface area contributed by atoms with Gasteiger partial charge >= 0.3 is 12.1 Å². The molecule has 1 saturated heterocycles. The van der Waals surface area contributed by atoms with Gasteiger partial charge in [-0.05, 0) is 43.2 Å². The SMILES string of the molecule is COC(=O)c1cccc(NC2CCN(c3ccc(C(F)(F)F)nn3)CC2)c1. The van der Waals surface area contributed by atoms with E-state index >= 15 is 0 Å². The molecule has 0 unspecified atom stereocenters. The number of aromatic nitrogens is 2. The molecule has 0 aliphatic carbocycles. The van der Waals surface area contributed by atoms with E-state index < -0.39 is 17.8 Å². The van der Waals surface area contributed by atoms with Crippen molar-refractivity contribution in [1.29, 1.82) is 0 Å². The van der Waals surface area contributed by atoms with E-state index in [2.05, 4.69) is 15.5 Å². The van der Waals surface area contributed by atoms with Crippen LogP contribution in [0.2, 0.25) is 0 Å². The average Bonchev–Trinajstić information content (AvgIpc) is 2.67. The Labute approximate surface area is 154 Å². The van der Waals surface area contributed by atoms with Gasteiger partial charge in [-0.25, -0.2) is 4.79 Å². The Hall–Kier alpha value is -2.84. The highest BCUT2D eigenvalue weighted by molar-refractivity contribution is 5.90. The van der Waals surface area contributed by atoms with Crippen LogP contribution in [0.5, 0.6) is 0 Å². The minimum Gasteiger partial charge on any atom is -0.465 e. The number of hydrogen-bond donors (Lipinski definition) is 1. The summed E-state index contributed by atoms with van der Waals surface area (Å²) in [5.41, 5.74) is 0.305. The van der Waals surface area contributed by atoms with Gasteiger partial charge in [0.25, 0.3) is 0 Å². The van der Waals surface area contributed by atoms with Crippen LogP contribution in [0.3, 0.4) is 0 Å². The van der Waals surface area contributed by atoms with E-state index in [1.165, 1.54) is 13.2 Å². The second-order valence-corrected chi connectivity index (χ2v) is 6.25. The molecule has 6 nitrogen and oxygen atoms in total. The minimum absolute atomic E-state index is 0.191. The molecule has 0 saturated carbocycles. The number of halogens is 3. The maximum atomic E-state index is 12.6. The number of benzene rings is 1. The van der Waals surface area contributed by atoms with Crippen molar-refractivity contribution >= 4 is 17.5 Å². The topological polar surface area (TPSA) is 67.3 Å². The zero-order valence-corrected chi connectivity index (χ0v) is 14.7. The number of carbonyl (C=O) groups excluding carboxylic acids is 1. The number of esters is 1. The number of nitrogens with one attached hydrogen (secondary N) is 1.